The smallest absolute Gasteiger partial charge is 0.288 e. The minimum absolute atomic E-state index is 0.0186. The van der Waals surface area contributed by atoms with Gasteiger partial charge in [0.1, 0.15) is 16.7 Å². The fourth-order valence-electron chi connectivity index (χ4n) is 2.22. The molecular weight excluding hydrogens is 356 g/mol. The zero-order valence-corrected chi connectivity index (χ0v) is 14.3. The molecule has 0 aliphatic heterocycles. The number of nitrogens with zero attached hydrogens (tertiary/aromatic N) is 4. The highest BCUT2D eigenvalue weighted by Crippen LogP contribution is 2.27. The molecule has 1 heterocycles. The van der Waals surface area contributed by atoms with Gasteiger partial charge in [-0.2, -0.15) is 10.2 Å². The molecule has 26 heavy (non-hydrogen) atoms. The number of nitro benzene ring substituents is 1. The number of hydrogen-bond donors (Lipinski definition) is 0. The molecule has 0 fully saturated rings. The first kappa shape index (κ1) is 17.3. The van der Waals surface area contributed by atoms with E-state index in [1.165, 1.54) is 18.2 Å². The van der Waals surface area contributed by atoms with Crippen molar-refractivity contribution in [2.45, 2.75) is 6.92 Å². The summed E-state index contributed by atoms with van der Waals surface area (Å²) in [6.07, 6.45) is 1.43. The Morgan fingerprint density at radius 2 is 2.04 bits per heavy atom. The molecule has 0 N–H and O–H groups in total. The van der Waals surface area contributed by atoms with Crippen LogP contribution in [0.5, 0.6) is 0 Å². The Morgan fingerprint density at radius 1 is 1.31 bits per heavy atom. The van der Waals surface area contributed by atoms with E-state index in [1.807, 2.05) is 37.3 Å². The SMILES string of the molecule is Cc1ccc(-c2noc(/C(C#N)=C/c3ccc(Cl)c([N+](=O)[O-])c3)n2)cc1. The summed E-state index contributed by atoms with van der Waals surface area (Å²) in [7, 11) is 0. The second-order valence-electron chi connectivity index (χ2n) is 5.43. The quantitative estimate of drug-likeness (QED) is 0.377. The average molecular weight is 367 g/mol. The molecule has 0 saturated heterocycles. The molecule has 0 aliphatic rings. The van der Waals surface area contributed by atoms with Crippen molar-refractivity contribution in [2.75, 3.05) is 0 Å². The maximum absolute atomic E-state index is 11.0. The molecule has 3 rings (SSSR count). The van der Waals surface area contributed by atoms with Crippen molar-refractivity contribution in [1.29, 1.82) is 5.26 Å². The molecule has 7 nitrogen and oxygen atoms in total. The van der Waals surface area contributed by atoms with Crippen LogP contribution in [0.25, 0.3) is 23.0 Å². The van der Waals surface area contributed by atoms with Gasteiger partial charge in [0.05, 0.1) is 4.92 Å². The Bertz CT molecular complexity index is 1050. The lowest BCUT2D eigenvalue weighted by Gasteiger charge is -1.98. The number of benzene rings is 2. The van der Waals surface area contributed by atoms with Crippen molar-refractivity contribution in [1.82, 2.24) is 10.1 Å². The van der Waals surface area contributed by atoms with Gasteiger partial charge in [0, 0.05) is 11.6 Å². The summed E-state index contributed by atoms with van der Waals surface area (Å²) < 4.78 is 5.16. The highest BCUT2D eigenvalue weighted by atomic mass is 35.5. The molecule has 1 aromatic heterocycles. The van der Waals surface area contributed by atoms with Crippen molar-refractivity contribution in [3.05, 3.63) is 74.6 Å². The lowest BCUT2D eigenvalue weighted by atomic mass is 10.1. The standard InChI is InChI=1S/C18H11ClN4O3/c1-11-2-5-13(6-3-11)17-21-18(26-22-17)14(10-20)8-12-4-7-15(19)16(9-12)23(24)25/h2-9H,1H3/b14-8+. The number of aromatic nitrogens is 2. The predicted octanol–water partition coefficient (Wildman–Crippen LogP) is 4.67. The molecule has 0 amide bonds. The van der Waals surface area contributed by atoms with E-state index < -0.39 is 4.92 Å². The van der Waals surface area contributed by atoms with E-state index in [9.17, 15) is 15.4 Å². The van der Waals surface area contributed by atoms with Gasteiger partial charge in [-0.25, -0.2) is 0 Å². The zero-order valence-electron chi connectivity index (χ0n) is 13.5. The van der Waals surface area contributed by atoms with Gasteiger partial charge < -0.3 is 4.52 Å². The molecule has 0 unspecified atom stereocenters. The van der Waals surface area contributed by atoms with Crippen LogP contribution in [0.1, 0.15) is 17.0 Å². The molecule has 0 saturated carbocycles. The number of nitriles is 1. The number of allylic oxidation sites excluding steroid dienone is 1. The van der Waals surface area contributed by atoms with E-state index in [-0.39, 0.29) is 22.2 Å². The Hall–Kier alpha value is -3.50. The van der Waals surface area contributed by atoms with E-state index >= 15 is 0 Å². The van der Waals surface area contributed by atoms with Crippen LogP contribution in [0.2, 0.25) is 5.02 Å². The van der Waals surface area contributed by atoms with Crippen molar-refractivity contribution in [3.63, 3.8) is 0 Å². The third-order valence-electron chi connectivity index (χ3n) is 3.56. The molecule has 128 valence electrons. The van der Waals surface area contributed by atoms with E-state index in [1.54, 1.807) is 6.07 Å². The summed E-state index contributed by atoms with van der Waals surface area (Å²) in [5.41, 5.74) is 2.12. The van der Waals surface area contributed by atoms with Crippen LogP contribution < -0.4 is 0 Å². The van der Waals surface area contributed by atoms with Gasteiger partial charge >= 0.3 is 0 Å². The highest BCUT2D eigenvalue weighted by Gasteiger charge is 2.15. The molecule has 0 atom stereocenters. The normalized spacial score (nSPS) is 11.2. The molecule has 3 aromatic rings. The first-order valence-corrected chi connectivity index (χ1v) is 7.82. The largest absolute Gasteiger partial charge is 0.333 e. The van der Waals surface area contributed by atoms with Crippen LogP contribution in [0.4, 0.5) is 5.69 Å². The third-order valence-corrected chi connectivity index (χ3v) is 3.88. The molecule has 0 spiro atoms. The lowest BCUT2D eigenvalue weighted by Crippen LogP contribution is -1.90. The van der Waals surface area contributed by atoms with Gasteiger partial charge in [-0.3, -0.25) is 10.1 Å². The highest BCUT2D eigenvalue weighted by molar-refractivity contribution is 6.32. The number of halogens is 1. The summed E-state index contributed by atoms with van der Waals surface area (Å²) in [6, 6.07) is 13.7. The van der Waals surface area contributed by atoms with Gasteiger partial charge in [-0.05, 0) is 24.6 Å². The molecule has 0 bridgehead atoms. The summed E-state index contributed by atoms with van der Waals surface area (Å²) in [6.45, 7) is 1.97. The minimum Gasteiger partial charge on any atom is -0.333 e. The van der Waals surface area contributed by atoms with Crippen molar-refractivity contribution >= 4 is 28.9 Å². The average Bonchev–Trinajstić information content (AvgIpc) is 3.11. The summed E-state index contributed by atoms with van der Waals surface area (Å²) in [5, 5.41) is 24.3. The first-order chi connectivity index (χ1) is 12.5. The van der Waals surface area contributed by atoms with E-state index in [0.717, 1.165) is 11.1 Å². The van der Waals surface area contributed by atoms with Crippen LogP contribution in [0.3, 0.4) is 0 Å². The number of rotatable bonds is 4. The number of nitro groups is 1. The van der Waals surface area contributed by atoms with Crippen LogP contribution in [-0.2, 0) is 0 Å². The van der Waals surface area contributed by atoms with Crippen LogP contribution in [0.15, 0.2) is 47.0 Å². The van der Waals surface area contributed by atoms with E-state index in [0.29, 0.717) is 11.4 Å². The fraction of sp³-hybridized carbons (Fsp3) is 0.0556. The summed E-state index contributed by atoms with van der Waals surface area (Å²) >= 11 is 5.79. The molecule has 8 heteroatoms. The second-order valence-corrected chi connectivity index (χ2v) is 5.83. The monoisotopic (exact) mass is 366 g/mol. The van der Waals surface area contributed by atoms with Crippen LogP contribution >= 0.6 is 11.6 Å². The zero-order chi connectivity index (χ0) is 18.7. The second kappa shape index (κ2) is 7.17. The van der Waals surface area contributed by atoms with Gasteiger partial charge in [0.15, 0.2) is 0 Å². The molecular formula is C18H11ClN4O3. The first-order valence-electron chi connectivity index (χ1n) is 7.45. The minimum atomic E-state index is -0.589. The maximum Gasteiger partial charge on any atom is 0.288 e. The summed E-state index contributed by atoms with van der Waals surface area (Å²) in [5.74, 6) is 0.379. The van der Waals surface area contributed by atoms with Crippen molar-refractivity contribution in [3.8, 4) is 17.5 Å². The molecule has 2 aromatic carbocycles. The van der Waals surface area contributed by atoms with Gasteiger partial charge in [0.25, 0.3) is 11.6 Å². The predicted molar refractivity (Wildman–Crippen MR) is 96.1 cm³/mol. The van der Waals surface area contributed by atoms with E-state index in [4.69, 9.17) is 16.1 Å². The number of aryl methyl sites for hydroxylation is 1. The van der Waals surface area contributed by atoms with Crippen molar-refractivity contribution in [2.24, 2.45) is 0 Å². The Morgan fingerprint density at radius 3 is 2.69 bits per heavy atom. The third kappa shape index (κ3) is 3.61. The summed E-state index contributed by atoms with van der Waals surface area (Å²) in [4.78, 5) is 14.6. The maximum atomic E-state index is 11.0. The van der Waals surface area contributed by atoms with Crippen LogP contribution in [-0.4, -0.2) is 15.1 Å². The van der Waals surface area contributed by atoms with E-state index in [2.05, 4.69) is 10.1 Å². The van der Waals surface area contributed by atoms with Gasteiger partial charge in [0.2, 0.25) is 5.82 Å². The topological polar surface area (TPSA) is 106 Å². The fourth-order valence-corrected chi connectivity index (χ4v) is 2.41. The Labute approximate surface area is 153 Å². The Kier molecular flexibility index (Phi) is 4.78. The molecule has 0 aliphatic carbocycles. The lowest BCUT2D eigenvalue weighted by molar-refractivity contribution is -0.384. The Balaban J connectivity index is 1.96. The number of hydrogen-bond acceptors (Lipinski definition) is 6. The van der Waals surface area contributed by atoms with Crippen molar-refractivity contribution < 1.29 is 9.45 Å². The van der Waals surface area contributed by atoms with Crippen LogP contribution in [0, 0.1) is 28.4 Å². The van der Waals surface area contributed by atoms with Gasteiger partial charge in [-0.15, -0.1) is 0 Å². The molecule has 0 radical (unpaired) electrons. The van der Waals surface area contributed by atoms with Gasteiger partial charge in [-0.1, -0.05) is 52.7 Å².